The highest BCUT2D eigenvalue weighted by atomic mass is 32.2. The monoisotopic (exact) mass is 337 g/mol. The molecule has 1 aliphatic heterocycles. The molecule has 5 nitrogen and oxygen atoms in total. The minimum absolute atomic E-state index is 0.215. The lowest BCUT2D eigenvalue weighted by molar-refractivity contribution is -0.148. The molecule has 0 saturated carbocycles. The second kappa shape index (κ2) is 8.24. The number of hydrogen-bond donors (Lipinski definition) is 2. The molecule has 0 bridgehead atoms. The molecule has 0 spiro atoms. The lowest BCUT2D eigenvalue weighted by Gasteiger charge is -2.33. The third-order valence-electron chi connectivity index (χ3n) is 4.03. The van der Waals surface area contributed by atoms with E-state index in [0.717, 1.165) is 22.8 Å². The van der Waals surface area contributed by atoms with Gasteiger partial charge in [0.2, 0.25) is 5.91 Å². The molecular weight excluding hydrogens is 314 g/mol. The van der Waals surface area contributed by atoms with Gasteiger partial charge in [0.1, 0.15) is 11.3 Å². The van der Waals surface area contributed by atoms with Crippen molar-refractivity contribution in [3.8, 4) is 5.75 Å². The van der Waals surface area contributed by atoms with Gasteiger partial charge in [-0.3, -0.25) is 4.79 Å². The summed E-state index contributed by atoms with van der Waals surface area (Å²) in [5.41, 5.74) is -0.0272. The topological polar surface area (TPSA) is 75.6 Å². The molecule has 1 saturated heterocycles. The fourth-order valence-corrected chi connectivity index (χ4v) is 3.76. The minimum Gasteiger partial charge on any atom is -0.493 e. The smallest absolute Gasteiger partial charge is 0.329 e. The largest absolute Gasteiger partial charge is 0.493 e. The number of rotatable bonds is 7. The maximum absolute atomic E-state index is 12.1. The SMILES string of the molecule is Cc1ccccc1OCCCC(=O)NC1(C(=O)O)CCSCC1. The van der Waals surface area contributed by atoms with Crippen molar-refractivity contribution in [1.29, 1.82) is 0 Å². The molecule has 126 valence electrons. The van der Waals surface area contributed by atoms with Crippen molar-refractivity contribution in [3.05, 3.63) is 29.8 Å². The van der Waals surface area contributed by atoms with E-state index >= 15 is 0 Å². The summed E-state index contributed by atoms with van der Waals surface area (Å²) < 4.78 is 5.65. The van der Waals surface area contributed by atoms with Gasteiger partial charge in [0, 0.05) is 6.42 Å². The maximum Gasteiger partial charge on any atom is 0.329 e. The number of hydrogen-bond acceptors (Lipinski definition) is 4. The maximum atomic E-state index is 12.1. The Morgan fingerprint density at radius 3 is 2.65 bits per heavy atom. The Morgan fingerprint density at radius 2 is 2.00 bits per heavy atom. The van der Waals surface area contributed by atoms with Crippen molar-refractivity contribution in [2.45, 2.75) is 38.1 Å². The van der Waals surface area contributed by atoms with Crippen LogP contribution in [0.2, 0.25) is 0 Å². The highest BCUT2D eigenvalue weighted by Crippen LogP contribution is 2.27. The van der Waals surface area contributed by atoms with E-state index in [0.29, 0.717) is 25.9 Å². The van der Waals surface area contributed by atoms with E-state index in [-0.39, 0.29) is 12.3 Å². The summed E-state index contributed by atoms with van der Waals surface area (Å²) >= 11 is 1.73. The van der Waals surface area contributed by atoms with Crippen LogP contribution in [-0.2, 0) is 9.59 Å². The predicted octanol–water partition coefficient (Wildman–Crippen LogP) is 2.62. The van der Waals surface area contributed by atoms with E-state index in [9.17, 15) is 14.7 Å². The predicted molar refractivity (Wildman–Crippen MR) is 91.0 cm³/mol. The quantitative estimate of drug-likeness (QED) is 0.748. The Balaban J connectivity index is 1.76. The van der Waals surface area contributed by atoms with Gasteiger partial charge in [-0.1, -0.05) is 18.2 Å². The number of carboxylic acid groups (broad SMARTS) is 1. The summed E-state index contributed by atoms with van der Waals surface area (Å²) in [6, 6.07) is 7.73. The molecule has 0 aliphatic carbocycles. The third kappa shape index (κ3) is 4.89. The number of aryl methyl sites for hydroxylation is 1. The Labute approximate surface area is 140 Å². The highest BCUT2D eigenvalue weighted by Gasteiger charge is 2.40. The van der Waals surface area contributed by atoms with Crippen LogP contribution in [0.1, 0.15) is 31.2 Å². The molecule has 1 aromatic rings. The number of carboxylic acids is 1. The fourth-order valence-electron chi connectivity index (χ4n) is 2.57. The molecule has 0 atom stereocenters. The summed E-state index contributed by atoms with van der Waals surface area (Å²) in [5, 5.41) is 12.2. The van der Waals surface area contributed by atoms with Crippen LogP contribution in [0.25, 0.3) is 0 Å². The van der Waals surface area contributed by atoms with Gasteiger partial charge in [-0.15, -0.1) is 0 Å². The van der Waals surface area contributed by atoms with Crippen molar-refractivity contribution >= 4 is 23.6 Å². The number of aliphatic carboxylic acids is 1. The molecule has 1 fully saturated rings. The first-order chi connectivity index (χ1) is 11.0. The minimum atomic E-state index is -1.08. The van der Waals surface area contributed by atoms with Gasteiger partial charge in [-0.05, 0) is 49.3 Å². The molecule has 0 aromatic heterocycles. The van der Waals surface area contributed by atoms with Crippen molar-refractivity contribution in [2.75, 3.05) is 18.1 Å². The summed E-state index contributed by atoms with van der Waals surface area (Å²) in [6.07, 6.45) is 1.80. The number of carbonyl (C=O) groups excluding carboxylic acids is 1. The van der Waals surface area contributed by atoms with Crippen molar-refractivity contribution in [2.24, 2.45) is 0 Å². The van der Waals surface area contributed by atoms with E-state index in [2.05, 4.69) is 5.32 Å². The summed E-state index contributed by atoms with van der Waals surface area (Å²) in [5.74, 6) is 1.21. The van der Waals surface area contributed by atoms with Gasteiger partial charge in [0.05, 0.1) is 6.61 Å². The van der Waals surface area contributed by atoms with E-state index < -0.39 is 11.5 Å². The second-order valence-electron chi connectivity index (χ2n) is 5.77. The number of thioether (sulfide) groups is 1. The lowest BCUT2D eigenvalue weighted by Crippen LogP contribution is -2.56. The van der Waals surface area contributed by atoms with Gasteiger partial charge in [0.15, 0.2) is 0 Å². The van der Waals surface area contributed by atoms with Crippen LogP contribution in [0.5, 0.6) is 5.75 Å². The normalized spacial score (nSPS) is 16.6. The molecule has 6 heteroatoms. The van der Waals surface area contributed by atoms with E-state index in [1.165, 1.54) is 0 Å². The Morgan fingerprint density at radius 1 is 1.30 bits per heavy atom. The van der Waals surface area contributed by atoms with Crippen LogP contribution in [0, 0.1) is 6.92 Å². The zero-order valence-corrected chi connectivity index (χ0v) is 14.2. The highest BCUT2D eigenvalue weighted by molar-refractivity contribution is 7.99. The number of ether oxygens (including phenoxy) is 1. The lowest BCUT2D eigenvalue weighted by atomic mass is 9.92. The fraction of sp³-hybridized carbons (Fsp3) is 0.529. The van der Waals surface area contributed by atoms with E-state index in [1.54, 1.807) is 11.8 Å². The average molecular weight is 337 g/mol. The summed E-state index contributed by atoms with van der Waals surface area (Å²) in [6.45, 7) is 2.41. The van der Waals surface area contributed by atoms with Gasteiger partial charge in [-0.2, -0.15) is 11.8 Å². The molecule has 1 aliphatic rings. The van der Waals surface area contributed by atoms with Crippen LogP contribution in [0.3, 0.4) is 0 Å². The molecule has 1 aromatic carbocycles. The Kier molecular flexibility index (Phi) is 6.33. The summed E-state index contributed by atoms with van der Waals surface area (Å²) in [4.78, 5) is 23.6. The van der Waals surface area contributed by atoms with Crippen molar-refractivity contribution in [1.82, 2.24) is 5.32 Å². The van der Waals surface area contributed by atoms with Crippen LogP contribution < -0.4 is 10.1 Å². The van der Waals surface area contributed by atoms with Gasteiger partial charge in [-0.25, -0.2) is 4.79 Å². The van der Waals surface area contributed by atoms with Crippen LogP contribution in [0.4, 0.5) is 0 Å². The number of nitrogens with one attached hydrogen (secondary N) is 1. The molecule has 0 unspecified atom stereocenters. The standard InChI is InChI=1S/C17H23NO4S/c1-13-5-2-3-6-14(13)22-10-4-7-15(19)18-17(16(20)21)8-11-23-12-9-17/h2-3,5-6H,4,7-12H2,1H3,(H,18,19)(H,20,21). The zero-order chi connectivity index (χ0) is 16.7. The van der Waals surface area contributed by atoms with E-state index in [1.807, 2.05) is 31.2 Å². The van der Waals surface area contributed by atoms with Gasteiger partial charge in [0.25, 0.3) is 0 Å². The Hall–Kier alpha value is -1.69. The number of carbonyl (C=O) groups is 2. The van der Waals surface area contributed by atoms with Crippen molar-refractivity contribution < 1.29 is 19.4 Å². The van der Waals surface area contributed by atoms with Crippen molar-refractivity contribution in [3.63, 3.8) is 0 Å². The molecule has 23 heavy (non-hydrogen) atoms. The first kappa shape index (κ1) is 17.7. The van der Waals surface area contributed by atoms with Gasteiger partial charge < -0.3 is 15.2 Å². The molecule has 2 N–H and O–H groups in total. The van der Waals surface area contributed by atoms with Crippen LogP contribution >= 0.6 is 11.8 Å². The molecule has 1 heterocycles. The molecule has 1 amide bonds. The zero-order valence-electron chi connectivity index (χ0n) is 13.3. The third-order valence-corrected chi connectivity index (χ3v) is 5.02. The number of para-hydroxylation sites is 1. The number of benzene rings is 1. The second-order valence-corrected chi connectivity index (χ2v) is 6.99. The van der Waals surface area contributed by atoms with Gasteiger partial charge >= 0.3 is 5.97 Å². The average Bonchev–Trinajstić information content (AvgIpc) is 2.54. The molecular formula is C17H23NO4S. The Bertz CT molecular complexity index is 555. The number of amides is 1. The molecule has 2 rings (SSSR count). The first-order valence-electron chi connectivity index (χ1n) is 7.84. The van der Waals surface area contributed by atoms with Crippen LogP contribution in [0.15, 0.2) is 24.3 Å². The van der Waals surface area contributed by atoms with Crippen LogP contribution in [-0.4, -0.2) is 40.6 Å². The summed E-state index contributed by atoms with van der Waals surface area (Å²) in [7, 11) is 0. The molecule has 0 radical (unpaired) electrons. The van der Waals surface area contributed by atoms with E-state index in [4.69, 9.17) is 4.74 Å². The first-order valence-corrected chi connectivity index (χ1v) is 8.99.